The molecule has 0 radical (unpaired) electrons. The summed E-state index contributed by atoms with van der Waals surface area (Å²) in [6.07, 6.45) is -1.37. The lowest BCUT2D eigenvalue weighted by atomic mass is 9.98. The Bertz CT molecular complexity index is 4640. The van der Waals surface area contributed by atoms with Crippen LogP contribution in [0.25, 0.3) is 21.8 Å². The Morgan fingerprint density at radius 1 is 0.537 bits per heavy atom. The number of nitrogens with one attached hydrogen (secondary N) is 18. The van der Waals surface area contributed by atoms with E-state index in [0.29, 0.717) is 59.4 Å². The summed E-state index contributed by atoms with van der Waals surface area (Å²) in [5.74, 6) is -14.8. The Labute approximate surface area is 780 Å². The van der Waals surface area contributed by atoms with E-state index in [4.69, 9.17) is 34.3 Å². The van der Waals surface area contributed by atoms with E-state index in [9.17, 15) is 83.1 Å². The summed E-state index contributed by atoms with van der Waals surface area (Å²) >= 11 is 0. The van der Waals surface area contributed by atoms with Gasteiger partial charge in [-0.1, -0.05) is 99.5 Å². The van der Waals surface area contributed by atoms with Crippen LogP contribution in [0.5, 0.6) is 0 Å². The van der Waals surface area contributed by atoms with Gasteiger partial charge in [0.15, 0.2) is 6.04 Å². The van der Waals surface area contributed by atoms with Gasteiger partial charge >= 0.3 is 23.9 Å². The summed E-state index contributed by atoms with van der Waals surface area (Å²) in [6, 6.07) is -6.78. The van der Waals surface area contributed by atoms with Gasteiger partial charge < -0.3 is 138 Å². The zero-order valence-electron chi connectivity index (χ0n) is 76.0. The molecule has 0 saturated carbocycles. The summed E-state index contributed by atoms with van der Waals surface area (Å²) in [5, 5.41) is 89.7. The lowest BCUT2D eigenvalue weighted by molar-refractivity contribution is -0.145. The molecule has 0 spiro atoms. The predicted octanol–water partition coefficient (Wildman–Crippen LogP) is -3.24. The number of urea groups is 1. The molecule has 6 rings (SSSR count). The number of nitrogens with zero attached hydrogens (tertiary/aromatic N) is 1. The number of aromatic nitrogens is 4. The largest absolute Gasteiger partial charge is 0.481 e. The molecule has 0 aliphatic carbocycles. The van der Waals surface area contributed by atoms with Gasteiger partial charge in [0.2, 0.25) is 70.9 Å². The maximum absolute atomic E-state index is 15.3. The van der Waals surface area contributed by atoms with E-state index in [1.165, 1.54) is 19.4 Å². The van der Waals surface area contributed by atoms with E-state index in [0.717, 1.165) is 28.5 Å². The SMILES string of the molecule is CC(C)C[C@@H]1NC(=O)[C@H](CCC(=O)O)NC(=O)CNC(O)[C@H](CC(C)C)NC(=O)[C@H](Cc2c[nH]cn2)NC(=O)[C@H](Cc2c[nH]c3ccccc23)NC(=O)[C@H](C)NC(=O)[C@@H](NC(=O)[C@H](CC(=O)O)NC(=O)CCOCCOCCOCCOCCOCCOCCNC(=O)NN)CSSC[C@@H](C(=O)N[C@H](C(=O)O)[C@@H](C)O)NC(=O)[C@H](Cc2c[nH]c3ccccc23)NC(=O)[C@H](C(C)C)NC1=O. The fraction of sp³-hybridized carbons (Fsp3) is 0.588. The second-order valence-electron chi connectivity index (χ2n) is 32.6. The molecular weight excluding hydrogens is 1800 g/mol. The molecule has 2 aromatic carbocycles. The van der Waals surface area contributed by atoms with E-state index in [1.807, 2.05) is 5.43 Å². The Kier molecular flexibility index (Phi) is 49.1. The van der Waals surface area contributed by atoms with Crippen LogP contribution in [-0.4, -0.2) is 329 Å². The van der Waals surface area contributed by atoms with Crippen LogP contribution in [0.4, 0.5) is 4.79 Å². The first-order valence-corrected chi connectivity index (χ1v) is 46.3. The second-order valence-corrected chi connectivity index (χ2v) is 35.2. The van der Waals surface area contributed by atoms with Crippen LogP contribution in [0.3, 0.4) is 0 Å². The summed E-state index contributed by atoms with van der Waals surface area (Å²) in [4.78, 5) is 238. The first-order chi connectivity index (χ1) is 63.9. The number of carboxylic acid groups (broad SMARTS) is 3. The van der Waals surface area contributed by atoms with Crippen molar-refractivity contribution in [2.45, 2.75) is 198 Å². The van der Waals surface area contributed by atoms with Crippen LogP contribution in [-0.2, 0) is 120 Å². The van der Waals surface area contributed by atoms with Gasteiger partial charge in [0, 0.05) is 90.6 Å². The zero-order chi connectivity index (χ0) is 98.3. The van der Waals surface area contributed by atoms with Crippen LogP contribution in [0.1, 0.15) is 111 Å². The normalized spacial score (nSPS) is 21.4. The van der Waals surface area contributed by atoms with E-state index in [2.05, 4.69) is 94.4 Å². The molecule has 1 saturated heterocycles. The van der Waals surface area contributed by atoms with Crippen molar-refractivity contribution < 1.29 is 131 Å². The highest BCUT2D eigenvalue weighted by Gasteiger charge is 2.40. The number of carboxylic acids is 3. The number of nitrogens with two attached hydrogens (primary N) is 1. The number of carbonyl (C=O) groups is 16. The van der Waals surface area contributed by atoms with Crippen LogP contribution >= 0.6 is 21.6 Å². The quantitative estimate of drug-likeness (QED) is 0.00599. The minimum Gasteiger partial charge on any atom is -0.481 e. The molecule has 49 heteroatoms. The summed E-state index contributed by atoms with van der Waals surface area (Å²) < 4.78 is 32.9. The van der Waals surface area contributed by atoms with Crippen molar-refractivity contribution >= 4 is 138 Å². The van der Waals surface area contributed by atoms with Crippen LogP contribution in [0, 0.1) is 17.8 Å². The maximum atomic E-state index is 15.3. The fourth-order valence-electron chi connectivity index (χ4n) is 13.5. The Balaban J connectivity index is 1.34. The number of benzene rings is 2. The third-order valence-corrected chi connectivity index (χ3v) is 22.9. The smallest absolute Gasteiger partial charge is 0.328 e. The topological polar surface area (TPSA) is 696 Å². The average molecular weight is 1930 g/mol. The van der Waals surface area contributed by atoms with Gasteiger partial charge in [-0.15, -0.1) is 0 Å². The zero-order valence-corrected chi connectivity index (χ0v) is 77.6. The van der Waals surface area contributed by atoms with Crippen molar-refractivity contribution in [2.75, 3.05) is 104 Å². The maximum Gasteiger partial charge on any atom is 0.328 e. The number of carbonyl (C=O) groups excluding carboxylic acids is 13. The lowest BCUT2D eigenvalue weighted by Crippen LogP contribution is -2.61. The van der Waals surface area contributed by atoms with Crippen molar-refractivity contribution in [1.82, 2.24) is 99.8 Å². The molecule has 3 aromatic heterocycles. The molecule has 14 amide bonds. The number of fused-ring (bicyclic) bond motifs is 2. The van der Waals surface area contributed by atoms with Crippen molar-refractivity contribution in [1.29, 1.82) is 0 Å². The molecule has 5 aromatic rings. The summed E-state index contributed by atoms with van der Waals surface area (Å²) in [6.45, 7) is 14.0. The molecule has 1 aliphatic heterocycles. The van der Waals surface area contributed by atoms with Gasteiger partial charge in [-0.25, -0.2) is 20.4 Å². The van der Waals surface area contributed by atoms with Gasteiger partial charge in [-0.2, -0.15) is 0 Å². The molecule has 134 heavy (non-hydrogen) atoms. The molecule has 47 nitrogen and oxygen atoms in total. The highest BCUT2D eigenvalue weighted by Crippen LogP contribution is 2.26. The first kappa shape index (κ1) is 111. The number of ether oxygens (including phenoxy) is 6. The third kappa shape index (κ3) is 40.3. The van der Waals surface area contributed by atoms with Gasteiger partial charge in [-0.3, -0.25) is 77.9 Å². The number of hydrogen-bond acceptors (Lipinski definition) is 29. The molecule has 1 aliphatic rings. The van der Waals surface area contributed by atoms with Crippen molar-refractivity contribution in [3.05, 3.63) is 90.3 Å². The van der Waals surface area contributed by atoms with E-state index >= 15 is 19.2 Å². The molecule has 1 fully saturated rings. The monoisotopic (exact) mass is 1920 g/mol. The van der Waals surface area contributed by atoms with Crippen molar-refractivity contribution in [2.24, 2.45) is 23.6 Å². The van der Waals surface area contributed by atoms with Crippen LogP contribution in [0.2, 0.25) is 0 Å². The van der Waals surface area contributed by atoms with Crippen LogP contribution < -0.4 is 85.7 Å². The highest BCUT2D eigenvalue weighted by molar-refractivity contribution is 8.76. The van der Waals surface area contributed by atoms with Gasteiger partial charge in [0.1, 0.15) is 66.6 Å². The average Bonchev–Trinajstić information content (AvgIpc) is 1.72. The predicted molar refractivity (Wildman–Crippen MR) is 487 cm³/mol. The van der Waals surface area contributed by atoms with Crippen LogP contribution in [0.15, 0.2) is 73.4 Å². The molecule has 742 valence electrons. The standard InChI is InChI=1S/C85H128N20O27S2/c1-46(2)33-59-74(114)91-42-68(108)94-58(17-18-69(109)110)75(115)98-60(34-47(3)4)80(120)103-71(48(5)6)83(123)100-62(36-52-40-90-57-16-12-10-14-55(52)57)77(117)102-66(82(122)104-72(50(8)106)84(124)125)44-134-133-43-65(81(121)93-49(7)73(113)96-61(35-51-39-89-56-15-11-9-13-54(51)56)76(116)99-63(78(118)97-59)37-53-41-87-45-92-53)101-79(119)64(38-70(111)112)95-67(107)19-21-127-23-25-129-27-29-131-31-32-132-30-28-130-26-24-128-22-20-88-85(126)105-86/h9-16,39-41,45-50,58-66,71-72,74,89-91,106,114H,17-38,42-44,86H2,1-8H3,(H,87,92)(H,93,121)(H,94,108)(H,95,107)(H,96,113)(H,97,118)(H,98,115)(H,99,116)(H,100,123)(H,101,119)(H,102,117)(H,103,120)(H,104,122)(H,109,110)(H,111,112)(H,124,125)(H2,88,105,126)/t49-,50+,58-,59-,60-,61-,62-,63-,64-,65-,66-,71-,72-,74?/m0/s1. The number of aliphatic carboxylic acids is 3. The van der Waals surface area contributed by atoms with Gasteiger partial charge in [-0.05, 0) is 74.1 Å². The third-order valence-electron chi connectivity index (χ3n) is 20.5. The number of H-pyrrole nitrogens is 3. The van der Waals surface area contributed by atoms with E-state index in [-0.39, 0.29) is 109 Å². The minimum absolute atomic E-state index is 0.00891. The molecule has 14 atom stereocenters. The van der Waals surface area contributed by atoms with E-state index < -0.39 is 229 Å². The number of hydrogen-bond donors (Lipinski definition) is 24. The van der Waals surface area contributed by atoms with Gasteiger partial charge in [0.25, 0.3) is 0 Å². The second kappa shape index (κ2) is 59.2. The molecule has 1 unspecified atom stereocenters. The fourth-order valence-corrected chi connectivity index (χ4v) is 15.9. The molecule has 4 heterocycles. The van der Waals surface area contributed by atoms with Crippen molar-refractivity contribution in [3.63, 3.8) is 0 Å². The number of rotatable bonds is 44. The Hall–Kier alpha value is -11.7. The Morgan fingerprint density at radius 3 is 1.57 bits per heavy atom. The molecular formula is C85H128N20O27S2. The minimum atomic E-state index is -2.00. The number of aliphatic hydroxyl groups is 2. The number of aromatic amines is 3. The number of para-hydroxylation sites is 2. The Morgan fingerprint density at radius 2 is 1.04 bits per heavy atom. The number of amides is 14. The molecule has 25 N–H and O–H groups in total. The number of hydrazine groups is 1. The number of imidazole rings is 1. The summed E-state index contributed by atoms with van der Waals surface area (Å²) in [7, 11) is 1.45. The first-order valence-electron chi connectivity index (χ1n) is 43.8. The van der Waals surface area contributed by atoms with Crippen molar-refractivity contribution in [3.8, 4) is 0 Å². The van der Waals surface area contributed by atoms with E-state index in [1.54, 1.807) is 102 Å². The lowest BCUT2D eigenvalue weighted by Gasteiger charge is -2.30. The summed E-state index contributed by atoms with van der Waals surface area (Å²) in [5.41, 5.74) is 4.31. The van der Waals surface area contributed by atoms with Gasteiger partial charge in [0.05, 0.1) is 116 Å². The molecule has 0 bridgehead atoms. The highest BCUT2D eigenvalue weighted by atomic mass is 33.1. The number of aliphatic hydroxyl groups excluding tert-OH is 2.